The van der Waals surface area contributed by atoms with Crippen LogP contribution in [0.3, 0.4) is 0 Å². The van der Waals surface area contributed by atoms with Crippen molar-refractivity contribution in [3.63, 3.8) is 0 Å². The fraction of sp³-hybridized carbons (Fsp3) is 0.308. The normalized spacial score (nSPS) is 10.3. The summed E-state index contributed by atoms with van der Waals surface area (Å²) >= 11 is 0. The second-order valence-corrected chi connectivity index (χ2v) is 4.00. The fourth-order valence-corrected chi connectivity index (χ4v) is 1.49. The number of hydrogen-bond donors (Lipinski definition) is 0. The molecule has 0 fully saturated rings. The molecule has 0 saturated carbocycles. The van der Waals surface area contributed by atoms with E-state index in [4.69, 9.17) is 4.74 Å². The molecule has 0 N–H and O–H groups in total. The van der Waals surface area contributed by atoms with E-state index in [2.05, 4.69) is 19.9 Å². The van der Waals surface area contributed by atoms with E-state index >= 15 is 0 Å². The number of ether oxygens (including phenoxy) is 1. The predicted octanol–water partition coefficient (Wildman–Crippen LogP) is 1.73. The first-order chi connectivity index (χ1) is 9.11. The third-order valence-electron chi connectivity index (χ3n) is 2.46. The van der Waals surface area contributed by atoms with Crippen LogP contribution in [0.5, 0.6) is 0 Å². The first kappa shape index (κ1) is 13.1. The Morgan fingerprint density at radius 2 is 1.74 bits per heavy atom. The van der Waals surface area contributed by atoms with E-state index in [9.17, 15) is 4.79 Å². The summed E-state index contributed by atoms with van der Waals surface area (Å²) in [6.07, 6.45) is 4.83. The zero-order chi connectivity index (χ0) is 13.8. The van der Waals surface area contributed by atoms with E-state index in [1.54, 1.807) is 26.2 Å². The third kappa shape index (κ3) is 2.90. The molecule has 0 atom stereocenters. The lowest BCUT2D eigenvalue weighted by Gasteiger charge is -2.05. The average molecular weight is 258 g/mol. The molecular weight excluding hydrogens is 244 g/mol. The van der Waals surface area contributed by atoms with Gasteiger partial charge in [-0.2, -0.15) is 0 Å². The van der Waals surface area contributed by atoms with Crippen LogP contribution in [-0.4, -0.2) is 32.5 Å². The standard InChI is InChI=1S/C13H14N4O2/c1-4-19-13(18)10-7-16-12(17-9(10)3)11-14-5-8(2)6-15-11/h5-7H,4H2,1-3H3. The quantitative estimate of drug-likeness (QED) is 0.780. The van der Waals surface area contributed by atoms with Crippen LogP contribution < -0.4 is 0 Å². The van der Waals surface area contributed by atoms with E-state index in [0.29, 0.717) is 29.5 Å². The first-order valence-electron chi connectivity index (χ1n) is 5.91. The Morgan fingerprint density at radius 3 is 2.32 bits per heavy atom. The minimum atomic E-state index is -0.420. The zero-order valence-corrected chi connectivity index (χ0v) is 11.0. The number of rotatable bonds is 3. The van der Waals surface area contributed by atoms with Crippen LogP contribution in [0, 0.1) is 13.8 Å². The van der Waals surface area contributed by atoms with Gasteiger partial charge in [-0.15, -0.1) is 0 Å². The average Bonchev–Trinajstić information content (AvgIpc) is 2.39. The fourth-order valence-electron chi connectivity index (χ4n) is 1.49. The van der Waals surface area contributed by atoms with Crippen LogP contribution >= 0.6 is 0 Å². The highest BCUT2D eigenvalue weighted by atomic mass is 16.5. The van der Waals surface area contributed by atoms with Crippen LogP contribution in [0.1, 0.15) is 28.5 Å². The topological polar surface area (TPSA) is 77.9 Å². The maximum absolute atomic E-state index is 11.6. The summed E-state index contributed by atoms with van der Waals surface area (Å²) in [6, 6.07) is 0. The summed E-state index contributed by atoms with van der Waals surface area (Å²) in [5, 5.41) is 0. The molecule has 0 bridgehead atoms. The highest BCUT2D eigenvalue weighted by Crippen LogP contribution is 2.12. The van der Waals surface area contributed by atoms with Crippen LogP contribution in [0.4, 0.5) is 0 Å². The van der Waals surface area contributed by atoms with E-state index in [1.165, 1.54) is 6.20 Å². The maximum atomic E-state index is 11.6. The van der Waals surface area contributed by atoms with Gasteiger partial charge in [0, 0.05) is 18.6 Å². The van der Waals surface area contributed by atoms with Crippen molar-refractivity contribution >= 4 is 5.97 Å². The number of carbonyl (C=O) groups is 1. The second-order valence-electron chi connectivity index (χ2n) is 4.00. The minimum Gasteiger partial charge on any atom is -0.462 e. The molecule has 0 aliphatic carbocycles. The largest absolute Gasteiger partial charge is 0.462 e. The van der Waals surface area contributed by atoms with Crippen LogP contribution in [0.15, 0.2) is 18.6 Å². The maximum Gasteiger partial charge on any atom is 0.341 e. The third-order valence-corrected chi connectivity index (χ3v) is 2.46. The van der Waals surface area contributed by atoms with Crippen molar-refractivity contribution < 1.29 is 9.53 Å². The van der Waals surface area contributed by atoms with Gasteiger partial charge in [-0.25, -0.2) is 24.7 Å². The van der Waals surface area contributed by atoms with Gasteiger partial charge in [-0.05, 0) is 26.3 Å². The number of carbonyl (C=O) groups excluding carboxylic acids is 1. The summed E-state index contributed by atoms with van der Waals surface area (Å²) in [7, 11) is 0. The molecule has 0 aliphatic rings. The summed E-state index contributed by atoms with van der Waals surface area (Å²) < 4.78 is 4.92. The highest BCUT2D eigenvalue weighted by molar-refractivity contribution is 5.90. The van der Waals surface area contributed by atoms with E-state index in [0.717, 1.165) is 5.56 Å². The Hall–Kier alpha value is -2.37. The number of esters is 1. The van der Waals surface area contributed by atoms with Gasteiger partial charge in [0.1, 0.15) is 0 Å². The van der Waals surface area contributed by atoms with Crippen molar-refractivity contribution in [2.45, 2.75) is 20.8 Å². The van der Waals surface area contributed by atoms with E-state index in [-0.39, 0.29) is 0 Å². The Labute approximate surface area is 110 Å². The van der Waals surface area contributed by atoms with Gasteiger partial charge in [0.2, 0.25) is 0 Å². The van der Waals surface area contributed by atoms with Crippen molar-refractivity contribution in [1.82, 2.24) is 19.9 Å². The molecule has 0 saturated heterocycles. The van der Waals surface area contributed by atoms with Gasteiger partial charge < -0.3 is 4.74 Å². The molecule has 2 heterocycles. The van der Waals surface area contributed by atoms with Gasteiger partial charge in [0.05, 0.1) is 17.9 Å². The molecule has 2 aromatic heterocycles. The Balaban J connectivity index is 2.33. The number of aromatic nitrogens is 4. The Bertz CT molecular complexity index is 596. The molecule has 6 heteroatoms. The van der Waals surface area contributed by atoms with E-state index < -0.39 is 5.97 Å². The van der Waals surface area contributed by atoms with Crippen LogP contribution in [0.2, 0.25) is 0 Å². The number of nitrogens with zero attached hydrogens (tertiary/aromatic N) is 4. The molecule has 2 aromatic rings. The molecule has 0 amide bonds. The summed E-state index contributed by atoms with van der Waals surface area (Å²) in [5.74, 6) is 0.408. The van der Waals surface area contributed by atoms with Gasteiger partial charge in [0.25, 0.3) is 0 Å². The molecule has 0 aliphatic heterocycles. The monoisotopic (exact) mass is 258 g/mol. The van der Waals surface area contributed by atoms with Crippen molar-refractivity contribution in [3.8, 4) is 11.6 Å². The predicted molar refractivity (Wildman–Crippen MR) is 68.5 cm³/mol. The summed E-state index contributed by atoms with van der Waals surface area (Å²) in [4.78, 5) is 28.3. The lowest BCUT2D eigenvalue weighted by molar-refractivity contribution is 0.0524. The Kier molecular flexibility index (Phi) is 3.79. The Morgan fingerprint density at radius 1 is 1.11 bits per heavy atom. The number of aryl methyl sites for hydroxylation is 2. The van der Waals surface area contributed by atoms with Crippen LogP contribution in [-0.2, 0) is 4.74 Å². The lowest BCUT2D eigenvalue weighted by atomic mass is 10.2. The minimum absolute atomic E-state index is 0.321. The van der Waals surface area contributed by atoms with E-state index in [1.807, 2.05) is 6.92 Å². The van der Waals surface area contributed by atoms with Crippen LogP contribution in [0.25, 0.3) is 11.6 Å². The second kappa shape index (κ2) is 5.51. The molecule has 2 rings (SSSR count). The van der Waals surface area contributed by atoms with Gasteiger partial charge in [-0.1, -0.05) is 0 Å². The van der Waals surface area contributed by atoms with Gasteiger partial charge in [-0.3, -0.25) is 0 Å². The van der Waals surface area contributed by atoms with Crippen molar-refractivity contribution in [3.05, 3.63) is 35.4 Å². The SMILES string of the molecule is CCOC(=O)c1cnc(-c2ncc(C)cn2)nc1C. The number of hydrogen-bond acceptors (Lipinski definition) is 6. The summed E-state index contributed by atoms with van der Waals surface area (Å²) in [5.41, 5.74) is 1.87. The van der Waals surface area contributed by atoms with Crippen molar-refractivity contribution in [1.29, 1.82) is 0 Å². The highest BCUT2D eigenvalue weighted by Gasteiger charge is 2.14. The molecule has 0 spiro atoms. The van der Waals surface area contributed by atoms with Gasteiger partial charge in [0.15, 0.2) is 11.6 Å². The first-order valence-corrected chi connectivity index (χ1v) is 5.91. The molecule has 98 valence electrons. The van der Waals surface area contributed by atoms with Gasteiger partial charge >= 0.3 is 5.97 Å². The molecule has 6 nitrogen and oxygen atoms in total. The molecule has 0 aromatic carbocycles. The molecule has 0 unspecified atom stereocenters. The molecule has 19 heavy (non-hydrogen) atoms. The van der Waals surface area contributed by atoms with Crippen molar-refractivity contribution in [2.24, 2.45) is 0 Å². The lowest BCUT2D eigenvalue weighted by Crippen LogP contribution is -2.09. The van der Waals surface area contributed by atoms with Crippen molar-refractivity contribution in [2.75, 3.05) is 6.61 Å². The summed E-state index contributed by atoms with van der Waals surface area (Å²) in [6.45, 7) is 5.70. The molecule has 0 radical (unpaired) electrons. The zero-order valence-electron chi connectivity index (χ0n) is 11.0. The smallest absolute Gasteiger partial charge is 0.341 e. The molecular formula is C13H14N4O2.